The molecule has 0 radical (unpaired) electrons. The van der Waals surface area contributed by atoms with Gasteiger partial charge in [0.2, 0.25) is 0 Å². The van der Waals surface area contributed by atoms with E-state index in [1.165, 1.54) is 24.1 Å². The van der Waals surface area contributed by atoms with Crippen molar-refractivity contribution in [1.29, 1.82) is 0 Å². The lowest BCUT2D eigenvalue weighted by atomic mass is 9.86. The van der Waals surface area contributed by atoms with Crippen LogP contribution >= 0.6 is 11.3 Å². The highest BCUT2D eigenvalue weighted by atomic mass is 32.1. The van der Waals surface area contributed by atoms with Gasteiger partial charge in [-0.05, 0) is 50.3 Å². The van der Waals surface area contributed by atoms with Crippen molar-refractivity contribution >= 4 is 17.2 Å². The lowest BCUT2D eigenvalue weighted by molar-refractivity contribution is 0.304. The van der Waals surface area contributed by atoms with E-state index in [0.717, 1.165) is 25.9 Å². The van der Waals surface area contributed by atoms with Crippen LogP contribution in [0.5, 0.6) is 0 Å². The Kier molecular flexibility index (Phi) is 5.05. The third kappa shape index (κ3) is 3.73. The predicted molar refractivity (Wildman–Crippen MR) is 84.5 cm³/mol. The van der Waals surface area contributed by atoms with E-state index in [1.807, 2.05) is 25.2 Å². The summed E-state index contributed by atoms with van der Waals surface area (Å²) in [4.78, 5) is 3.04. The number of thiophene rings is 1. The molecule has 20 heavy (non-hydrogen) atoms. The number of amidine groups is 1. The molecule has 1 aliphatic carbocycles. The number of nitrogens with zero attached hydrogens (tertiary/aromatic N) is 1. The Bertz CT molecular complexity index is 458. The van der Waals surface area contributed by atoms with Gasteiger partial charge in [-0.25, -0.2) is 0 Å². The van der Waals surface area contributed by atoms with Crippen molar-refractivity contribution < 1.29 is 5.21 Å². The van der Waals surface area contributed by atoms with Crippen molar-refractivity contribution in [1.82, 2.24) is 5.32 Å². The maximum absolute atomic E-state index is 8.73. The highest BCUT2D eigenvalue weighted by molar-refractivity contribution is 7.12. The SMILES string of the molecule is CC(C)(CCCNCc1cc2c(s1)CCC2)C(N)=NO. The molecule has 5 heteroatoms. The van der Waals surface area contributed by atoms with Gasteiger partial charge in [-0.2, -0.15) is 0 Å². The van der Waals surface area contributed by atoms with Gasteiger partial charge in [0.05, 0.1) is 0 Å². The van der Waals surface area contributed by atoms with Crippen LogP contribution in [0.25, 0.3) is 0 Å². The normalized spacial score (nSPS) is 15.6. The fourth-order valence-corrected chi connectivity index (χ4v) is 3.84. The first-order chi connectivity index (χ1) is 9.53. The molecule has 0 unspecified atom stereocenters. The van der Waals surface area contributed by atoms with E-state index < -0.39 is 0 Å². The standard InChI is InChI=1S/C15H25N3OS/c1-15(2,14(16)18-19)7-4-8-17-10-12-9-11-5-3-6-13(11)20-12/h9,17,19H,3-8,10H2,1-2H3,(H2,16,18). The molecule has 0 bridgehead atoms. The Balaban J connectivity index is 1.66. The first-order valence-electron chi connectivity index (χ1n) is 7.32. The second kappa shape index (κ2) is 6.59. The second-order valence-corrected chi connectivity index (χ2v) is 7.39. The number of hydrogen-bond donors (Lipinski definition) is 3. The van der Waals surface area contributed by atoms with Gasteiger partial charge in [0.15, 0.2) is 0 Å². The second-order valence-electron chi connectivity index (χ2n) is 6.16. The lowest BCUT2D eigenvalue weighted by Gasteiger charge is -2.22. The summed E-state index contributed by atoms with van der Waals surface area (Å²) in [7, 11) is 0. The quantitative estimate of drug-likeness (QED) is 0.238. The number of oxime groups is 1. The highest BCUT2D eigenvalue weighted by Crippen LogP contribution is 2.30. The fraction of sp³-hybridized carbons (Fsp3) is 0.667. The molecule has 0 aliphatic heterocycles. The van der Waals surface area contributed by atoms with Crippen LogP contribution in [-0.4, -0.2) is 17.6 Å². The fourth-order valence-electron chi connectivity index (χ4n) is 2.61. The van der Waals surface area contributed by atoms with Crippen LogP contribution in [0.1, 0.15) is 48.4 Å². The third-order valence-electron chi connectivity index (χ3n) is 4.05. The Morgan fingerprint density at radius 2 is 2.30 bits per heavy atom. The summed E-state index contributed by atoms with van der Waals surface area (Å²) >= 11 is 1.96. The van der Waals surface area contributed by atoms with Gasteiger partial charge < -0.3 is 16.3 Å². The molecule has 4 nitrogen and oxygen atoms in total. The molecule has 112 valence electrons. The zero-order chi connectivity index (χ0) is 14.6. The summed E-state index contributed by atoms with van der Waals surface area (Å²) in [6.45, 7) is 5.93. The molecule has 0 aromatic carbocycles. The largest absolute Gasteiger partial charge is 0.409 e. The van der Waals surface area contributed by atoms with E-state index in [2.05, 4.69) is 16.5 Å². The van der Waals surface area contributed by atoms with Crippen molar-refractivity contribution in [3.63, 3.8) is 0 Å². The Morgan fingerprint density at radius 1 is 1.50 bits per heavy atom. The minimum atomic E-state index is -0.236. The summed E-state index contributed by atoms with van der Waals surface area (Å²) in [5, 5.41) is 15.3. The molecule has 1 aromatic heterocycles. The van der Waals surface area contributed by atoms with Crippen LogP contribution in [0.15, 0.2) is 11.2 Å². The number of nitrogens with one attached hydrogen (secondary N) is 1. The Morgan fingerprint density at radius 3 is 3.00 bits per heavy atom. The maximum atomic E-state index is 8.73. The van der Waals surface area contributed by atoms with E-state index in [4.69, 9.17) is 10.9 Å². The van der Waals surface area contributed by atoms with Gasteiger partial charge in [-0.15, -0.1) is 11.3 Å². The Hall–Kier alpha value is -1.07. The molecule has 1 aliphatic rings. The van der Waals surface area contributed by atoms with Crippen molar-refractivity contribution in [2.75, 3.05) is 6.54 Å². The molecule has 2 rings (SSSR count). The van der Waals surface area contributed by atoms with E-state index in [0.29, 0.717) is 5.84 Å². The zero-order valence-electron chi connectivity index (χ0n) is 12.4. The molecule has 4 N–H and O–H groups in total. The summed E-state index contributed by atoms with van der Waals surface area (Å²) < 4.78 is 0. The summed E-state index contributed by atoms with van der Waals surface area (Å²) in [5.41, 5.74) is 7.01. The zero-order valence-corrected chi connectivity index (χ0v) is 13.2. The lowest BCUT2D eigenvalue weighted by Crippen LogP contribution is -2.32. The molecule has 0 saturated carbocycles. The number of rotatable bonds is 7. The van der Waals surface area contributed by atoms with Gasteiger partial charge in [0, 0.05) is 21.7 Å². The molecule has 0 fully saturated rings. The average molecular weight is 295 g/mol. The van der Waals surface area contributed by atoms with Crippen LogP contribution in [0, 0.1) is 5.41 Å². The number of nitrogens with two attached hydrogens (primary N) is 1. The number of aryl methyl sites for hydroxylation is 2. The molecular weight excluding hydrogens is 270 g/mol. The molecule has 0 spiro atoms. The van der Waals surface area contributed by atoms with E-state index >= 15 is 0 Å². The first-order valence-corrected chi connectivity index (χ1v) is 8.14. The summed E-state index contributed by atoms with van der Waals surface area (Å²) in [5.74, 6) is 0.312. The van der Waals surface area contributed by atoms with Crippen LogP contribution < -0.4 is 11.1 Å². The van der Waals surface area contributed by atoms with Crippen molar-refractivity contribution in [3.8, 4) is 0 Å². The van der Waals surface area contributed by atoms with Gasteiger partial charge >= 0.3 is 0 Å². The molecule has 1 heterocycles. The molecule has 1 aromatic rings. The van der Waals surface area contributed by atoms with E-state index in [-0.39, 0.29) is 5.41 Å². The van der Waals surface area contributed by atoms with Crippen LogP contribution in [0.2, 0.25) is 0 Å². The summed E-state index contributed by atoms with van der Waals surface area (Å²) in [6, 6.07) is 2.36. The van der Waals surface area contributed by atoms with Crippen LogP contribution in [-0.2, 0) is 19.4 Å². The van der Waals surface area contributed by atoms with E-state index in [9.17, 15) is 0 Å². The Labute approximate surface area is 125 Å². The van der Waals surface area contributed by atoms with E-state index in [1.54, 1.807) is 10.4 Å². The summed E-state index contributed by atoms with van der Waals surface area (Å²) in [6.07, 6.45) is 5.80. The minimum absolute atomic E-state index is 0.236. The van der Waals surface area contributed by atoms with Gasteiger partial charge in [-0.3, -0.25) is 0 Å². The van der Waals surface area contributed by atoms with Gasteiger partial charge in [0.25, 0.3) is 0 Å². The average Bonchev–Trinajstić information content (AvgIpc) is 2.98. The predicted octanol–water partition coefficient (Wildman–Crippen LogP) is 2.88. The van der Waals surface area contributed by atoms with Gasteiger partial charge in [0.1, 0.15) is 5.84 Å². The van der Waals surface area contributed by atoms with Crippen molar-refractivity contribution in [2.24, 2.45) is 16.3 Å². The third-order valence-corrected chi connectivity index (χ3v) is 5.29. The molecular formula is C15H25N3OS. The monoisotopic (exact) mass is 295 g/mol. The highest BCUT2D eigenvalue weighted by Gasteiger charge is 2.22. The number of fused-ring (bicyclic) bond motifs is 1. The van der Waals surface area contributed by atoms with Gasteiger partial charge in [-0.1, -0.05) is 19.0 Å². The molecule has 0 saturated heterocycles. The van der Waals surface area contributed by atoms with Crippen molar-refractivity contribution in [2.45, 2.75) is 52.5 Å². The molecule has 0 atom stereocenters. The minimum Gasteiger partial charge on any atom is -0.409 e. The van der Waals surface area contributed by atoms with Crippen LogP contribution in [0.3, 0.4) is 0 Å². The maximum Gasteiger partial charge on any atom is 0.144 e. The topological polar surface area (TPSA) is 70.6 Å². The van der Waals surface area contributed by atoms with Crippen LogP contribution in [0.4, 0.5) is 0 Å². The number of hydrogen-bond acceptors (Lipinski definition) is 4. The van der Waals surface area contributed by atoms with Crippen molar-refractivity contribution in [3.05, 3.63) is 21.4 Å². The first kappa shape index (κ1) is 15.3. The smallest absolute Gasteiger partial charge is 0.144 e. The molecule has 0 amide bonds.